The number of hydrogen-bond donors (Lipinski definition) is 1. The SMILES string of the molecule is CCCNC(=O)[C@H](Cc1ccccc1)N(Cc1ccc(Br)cc1)C(=O)CC(c1ccccc1)c1ccccc1. The zero-order valence-corrected chi connectivity index (χ0v) is 23.9. The summed E-state index contributed by atoms with van der Waals surface area (Å²) in [5.74, 6) is -0.297. The molecule has 0 saturated carbocycles. The molecule has 2 amide bonds. The summed E-state index contributed by atoms with van der Waals surface area (Å²) in [6, 6.07) is 37.5. The van der Waals surface area contributed by atoms with Crippen LogP contribution in [-0.4, -0.2) is 29.3 Å². The van der Waals surface area contributed by atoms with Gasteiger partial charge in [-0.15, -0.1) is 0 Å². The van der Waals surface area contributed by atoms with Crippen LogP contribution < -0.4 is 5.32 Å². The molecule has 0 spiro atoms. The summed E-state index contributed by atoms with van der Waals surface area (Å²) in [5.41, 5.74) is 4.15. The normalized spacial score (nSPS) is 11.7. The number of carbonyl (C=O) groups excluding carboxylic acids is 2. The van der Waals surface area contributed by atoms with Crippen molar-refractivity contribution < 1.29 is 9.59 Å². The van der Waals surface area contributed by atoms with E-state index in [0.29, 0.717) is 19.5 Å². The highest BCUT2D eigenvalue weighted by molar-refractivity contribution is 9.10. The van der Waals surface area contributed by atoms with Gasteiger partial charge in [-0.1, -0.05) is 126 Å². The number of benzene rings is 4. The minimum atomic E-state index is -0.637. The summed E-state index contributed by atoms with van der Waals surface area (Å²) >= 11 is 3.51. The molecule has 0 fully saturated rings. The third-order valence-corrected chi connectivity index (χ3v) is 7.40. The molecule has 0 saturated heterocycles. The van der Waals surface area contributed by atoms with Crippen LogP contribution in [0.1, 0.15) is 47.9 Å². The van der Waals surface area contributed by atoms with Crippen molar-refractivity contribution >= 4 is 27.7 Å². The van der Waals surface area contributed by atoms with E-state index in [4.69, 9.17) is 0 Å². The molecule has 1 N–H and O–H groups in total. The van der Waals surface area contributed by atoms with Crippen molar-refractivity contribution in [3.8, 4) is 0 Å². The third-order valence-electron chi connectivity index (χ3n) is 6.87. The fraction of sp³-hybridized carbons (Fsp3) is 0.235. The molecule has 0 bridgehead atoms. The van der Waals surface area contributed by atoms with Gasteiger partial charge in [0.25, 0.3) is 0 Å². The molecule has 200 valence electrons. The third kappa shape index (κ3) is 8.14. The predicted octanol–water partition coefficient (Wildman–Crippen LogP) is 7.14. The Hall–Kier alpha value is -3.70. The highest BCUT2D eigenvalue weighted by Crippen LogP contribution is 2.30. The average molecular weight is 584 g/mol. The largest absolute Gasteiger partial charge is 0.354 e. The Morgan fingerprint density at radius 2 is 1.28 bits per heavy atom. The summed E-state index contributed by atoms with van der Waals surface area (Å²) in [7, 11) is 0. The molecule has 0 aliphatic rings. The first-order valence-corrected chi connectivity index (χ1v) is 14.3. The van der Waals surface area contributed by atoms with E-state index in [1.54, 1.807) is 4.90 Å². The molecule has 4 nitrogen and oxygen atoms in total. The summed E-state index contributed by atoms with van der Waals surface area (Å²) < 4.78 is 0.971. The molecular formula is C34H35BrN2O2. The molecule has 5 heteroatoms. The number of rotatable bonds is 12. The Bertz CT molecular complexity index is 1270. The van der Waals surface area contributed by atoms with Crippen LogP contribution in [0.2, 0.25) is 0 Å². The van der Waals surface area contributed by atoms with E-state index < -0.39 is 6.04 Å². The Labute approximate surface area is 240 Å². The summed E-state index contributed by atoms with van der Waals surface area (Å²) in [6.45, 7) is 2.95. The van der Waals surface area contributed by atoms with Crippen LogP contribution in [0.15, 0.2) is 120 Å². The van der Waals surface area contributed by atoms with Gasteiger partial charge < -0.3 is 10.2 Å². The molecule has 4 aromatic carbocycles. The second-order valence-electron chi connectivity index (χ2n) is 9.72. The lowest BCUT2D eigenvalue weighted by Crippen LogP contribution is -2.50. The smallest absolute Gasteiger partial charge is 0.243 e. The van der Waals surface area contributed by atoms with Crippen LogP contribution in [0.5, 0.6) is 0 Å². The highest BCUT2D eigenvalue weighted by Gasteiger charge is 2.32. The first-order chi connectivity index (χ1) is 19.0. The Morgan fingerprint density at radius 3 is 1.82 bits per heavy atom. The highest BCUT2D eigenvalue weighted by atomic mass is 79.9. The summed E-state index contributed by atoms with van der Waals surface area (Å²) in [4.78, 5) is 29.7. The molecule has 1 atom stereocenters. The first kappa shape index (κ1) is 28.3. The fourth-order valence-electron chi connectivity index (χ4n) is 4.80. The van der Waals surface area contributed by atoms with Crippen molar-refractivity contribution in [2.75, 3.05) is 6.54 Å². The molecule has 0 unspecified atom stereocenters. The van der Waals surface area contributed by atoms with E-state index in [-0.39, 0.29) is 24.2 Å². The topological polar surface area (TPSA) is 49.4 Å². The van der Waals surface area contributed by atoms with Crippen molar-refractivity contribution in [2.24, 2.45) is 0 Å². The van der Waals surface area contributed by atoms with Crippen LogP contribution >= 0.6 is 15.9 Å². The lowest BCUT2D eigenvalue weighted by Gasteiger charge is -2.33. The standard InChI is InChI=1S/C34H35BrN2O2/c1-2-22-36-34(39)32(23-26-12-6-3-7-13-26)37(25-27-18-20-30(35)21-19-27)33(38)24-31(28-14-8-4-9-15-28)29-16-10-5-11-17-29/h3-21,31-32H,2,22-25H2,1H3,(H,36,39)/t32-/m0/s1. The maximum absolute atomic E-state index is 14.3. The van der Waals surface area contributed by atoms with Crippen molar-refractivity contribution in [2.45, 2.75) is 44.7 Å². The molecular weight excluding hydrogens is 548 g/mol. The van der Waals surface area contributed by atoms with Gasteiger partial charge in [0.05, 0.1) is 0 Å². The van der Waals surface area contributed by atoms with E-state index in [2.05, 4.69) is 45.5 Å². The average Bonchev–Trinajstić information content (AvgIpc) is 2.98. The van der Waals surface area contributed by atoms with Crippen LogP contribution in [-0.2, 0) is 22.6 Å². The second-order valence-corrected chi connectivity index (χ2v) is 10.6. The molecule has 0 aliphatic heterocycles. The molecule has 0 radical (unpaired) electrons. The fourth-order valence-corrected chi connectivity index (χ4v) is 5.06. The van der Waals surface area contributed by atoms with Gasteiger partial charge in [-0.2, -0.15) is 0 Å². The maximum Gasteiger partial charge on any atom is 0.243 e. The van der Waals surface area contributed by atoms with Gasteiger partial charge >= 0.3 is 0 Å². The van der Waals surface area contributed by atoms with Crippen LogP contribution in [0.3, 0.4) is 0 Å². The lowest BCUT2D eigenvalue weighted by atomic mass is 9.87. The number of nitrogens with zero attached hydrogens (tertiary/aromatic N) is 1. The van der Waals surface area contributed by atoms with Gasteiger partial charge in [-0.25, -0.2) is 0 Å². The van der Waals surface area contributed by atoms with Gasteiger partial charge in [0, 0.05) is 36.3 Å². The molecule has 0 aliphatic carbocycles. The van der Waals surface area contributed by atoms with Crippen LogP contribution in [0, 0.1) is 0 Å². The summed E-state index contributed by atoms with van der Waals surface area (Å²) in [6.07, 6.45) is 1.53. The Kier molecular flexibility index (Phi) is 10.5. The number of nitrogens with one attached hydrogen (secondary N) is 1. The van der Waals surface area contributed by atoms with Crippen molar-refractivity contribution in [1.29, 1.82) is 0 Å². The van der Waals surface area contributed by atoms with Crippen LogP contribution in [0.25, 0.3) is 0 Å². The van der Waals surface area contributed by atoms with E-state index in [9.17, 15) is 9.59 Å². The van der Waals surface area contributed by atoms with Crippen molar-refractivity contribution in [3.63, 3.8) is 0 Å². The number of carbonyl (C=O) groups is 2. The van der Waals surface area contributed by atoms with Gasteiger partial charge in [0.15, 0.2) is 0 Å². The van der Waals surface area contributed by atoms with Gasteiger partial charge in [0.2, 0.25) is 11.8 Å². The summed E-state index contributed by atoms with van der Waals surface area (Å²) in [5, 5.41) is 3.06. The second kappa shape index (κ2) is 14.5. The number of halogens is 1. The quantitative estimate of drug-likeness (QED) is 0.193. The molecule has 4 rings (SSSR count). The Morgan fingerprint density at radius 1 is 0.744 bits per heavy atom. The molecule has 39 heavy (non-hydrogen) atoms. The monoisotopic (exact) mass is 582 g/mol. The lowest BCUT2D eigenvalue weighted by molar-refractivity contribution is -0.141. The van der Waals surface area contributed by atoms with Crippen molar-refractivity contribution in [1.82, 2.24) is 10.2 Å². The first-order valence-electron chi connectivity index (χ1n) is 13.5. The molecule has 4 aromatic rings. The minimum absolute atomic E-state index is 0.0526. The van der Waals surface area contributed by atoms with Gasteiger partial charge in [-0.05, 0) is 40.8 Å². The van der Waals surface area contributed by atoms with E-state index in [0.717, 1.165) is 33.1 Å². The molecule has 0 aromatic heterocycles. The van der Waals surface area contributed by atoms with Gasteiger partial charge in [0.1, 0.15) is 6.04 Å². The van der Waals surface area contributed by atoms with E-state index in [1.807, 2.05) is 97.9 Å². The van der Waals surface area contributed by atoms with Crippen LogP contribution in [0.4, 0.5) is 0 Å². The number of hydrogen-bond acceptors (Lipinski definition) is 2. The zero-order valence-electron chi connectivity index (χ0n) is 22.3. The minimum Gasteiger partial charge on any atom is -0.354 e. The van der Waals surface area contributed by atoms with Crippen molar-refractivity contribution in [3.05, 3.63) is 142 Å². The zero-order chi connectivity index (χ0) is 27.5. The van der Waals surface area contributed by atoms with E-state index in [1.165, 1.54) is 0 Å². The molecule has 0 heterocycles. The number of amides is 2. The van der Waals surface area contributed by atoms with Gasteiger partial charge in [-0.3, -0.25) is 9.59 Å². The predicted molar refractivity (Wildman–Crippen MR) is 161 cm³/mol. The maximum atomic E-state index is 14.3. The van der Waals surface area contributed by atoms with E-state index >= 15 is 0 Å². The Balaban J connectivity index is 1.71.